The molecule has 0 aliphatic heterocycles. The predicted molar refractivity (Wildman–Crippen MR) is 135 cm³/mol. The maximum atomic E-state index is 12.7. The van der Waals surface area contributed by atoms with Crippen LogP contribution in [0.15, 0.2) is 46.0 Å². The van der Waals surface area contributed by atoms with E-state index in [9.17, 15) is 14.4 Å². The van der Waals surface area contributed by atoms with Crippen molar-refractivity contribution in [3.63, 3.8) is 0 Å². The molecular weight excluding hydrogens is 519 g/mol. The molecule has 0 spiro atoms. The molecule has 2 aromatic heterocycles. The lowest BCUT2D eigenvalue weighted by Crippen LogP contribution is -2.20. The van der Waals surface area contributed by atoms with Gasteiger partial charge in [-0.05, 0) is 49.7 Å². The van der Waals surface area contributed by atoms with Gasteiger partial charge in [-0.15, -0.1) is 12.4 Å². The highest BCUT2D eigenvalue weighted by Crippen LogP contribution is 2.37. The van der Waals surface area contributed by atoms with Crippen molar-refractivity contribution in [2.24, 2.45) is 0 Å². The quantitative estimate of drug-likeness (QED) is 0.212. The third-order valence-electron chi connectivity index (χ3n) is 5.48. The number of rotatable bonds is 6. The molecule has 0 aliphatic carbocycles. The van der Waals surface area contributed by atoms with Crippen molar-refractivity contribution in [2.75, 3.05) is 7.11 Å². The van der Waals surface area contributed by atoms with Crippen LogP contribution in [0.1, 0.15) is 44.4 Å². The number of ether oxygens (including phenoxy) is 2. The van der Waals surface area contributed by atoms with E-state index in [2.05, 4.69) is 20.4 Å². The Morgan fingerprint density at radius 3 is 1.94 bits per heavy atom. The van der Waals surface area contributed by atoms with E-state index in [4.69, 9.17) is 32.7 Å². The summed E-state index contributed by atoms with van der Waals surface area (Å²) in [6.45, 7) is 3.47. The molecule has 4 aromatic rings. The van der Waals surface area contributed by atoms with Crippen molar-refractivity contribution in [2.45, 2.75) is 19.8 Å². The Bertz CT molecular complexity index is 1450. The number of hydrogen-bond acceptors (Lipinski definition) is 5. The maximum absolute atomic E-state index is 12.7. The average molecular weight is 540 g/mol. The van der Waals surface area contributed by atoms with Crippen molar-refractivity contribution >= 4 is 41.6 Å². The van der Waals surface area contributed by atoms with Gasteiger partial charge in [0.25, 0.3) is 11.1 Å². The van der Waals surface area contributed by atoms with E-state index in [-0.39, 0.29) is 45.6 Å². The molecule has 12 heteroatoms. The summed E-state index contributed by atoms with van der Waals surface area (Å²) in [5, 5.41) is 11.2. The summed E-state index contributed by atoms with van der Waals surface area (Å²) in [4.78, 5) is 37.9. The molecule has 0 saturated carbocycles. The monoisotopic (exact) mass is 538 g/mol. The highest BCUT2D eigenvalue weighted by molar-refractivity contribution is 6.36. The average Bonchev–Trinajstić information content (AvgIpc) is 3.30. The Labute approximate surface area is 215 Å². The van der Waals surface area contributed by atoms with Gasteiger partial charge in [0.05, 0.1) is 28.8 Å². The molecule has 9 nitrogen and oxygen atoms in total. The zero-order chi connectivity index (χ0) is 24.6. The fraction of sp³-hybridized carbons (Fsp3) is 0.174. The standard InChI is InChI=1S/C23H20Cl2N4O5.ClH/c1-10-18(21(30)28-26-10)20(19-11(2)27-29-22(19)31)12-4-7-16(17(8-12)33-3)34-23(32)14-6-5-13(24)9-15(14)25;/h4-9,20H,1-3H3,(H2,26,28,30)(H2,27,29,31);1H. The van der Waals surface area contributed by atoms with Crippen molar-refractivity contribution < 1.29 is 14.3 Å². The van der Waals surface area contributed by atoms with Crippen LogP contribution in [0.3, 0.4) is 0 Å². The number of nitrogens with one attached hydrogen (secondary N) is 4. The molecule has 0 atom stereocenters. The molecule has 4 N–H and O–H groups in total. The van der Waals surface area contributed by atoms with Gasteiger partial charge in [-0.1, -0.05) is 29.3 Å². The maximum Gasteiger partial charge on any atom is 0.345 e. The first-order valence-electron chi connectivity index (χ1n) is 10.1. The highest BCUT2D eigenvalue weighted by atomic mass is 35.5. The lowest BCUT2D eigenvalue weighted by molar-refractivity contribution is 0.0730. The van der Waals surface area contributed by atoms with Crippen LogP contribution in [0.25, 0.3) is 0 Å². The van der Waals surface area contributed by atoms with Gasteiger partial charge in [0.1, 0.15) is 0 Å². The molecule has 0 aliphatic rings. The number of esters is 1. The number of aryl methyl sites for hydroxylation is 2. The van der Waals surface area contributed by atoms with E-state index in [0.29, 0.717) is 33.1 Å². The van der Waals surface area contributed by atoms with Crippen LogP contribution in [-0.2, 0) is 0 Å². The Hall–Kier alpha value is -3.40. The number of hydrogen-bond donors (Lipinski definition) is 4. The molecule has 2 aromatic carbocycles. The summed E-state index contributed by atoms with van der Waals surface area (Å²) < 4.78 is 11.0. The van der Waals surface area contributed by atoms with E-state index in [1.54, 1.807) is 26.0 Å². The first-order chi connectivity index (χ1) is 16.2. The summed E-state index contributed by atoms with van der Waals surface area (Å²) in [5.74, 6) is -1.04. The molecule has 4 rings (SSSR count). The zero-order valence-corrected chi connectivity index (χ0v) is 21.1. The van der Waals surface area contributed by atoms with Crippen molar-refractivity contribution in [1.82, 2.24) is 20.4 Å². The lowest BCUT2D eigenvalue weighted by atomic mass is 9.85. The van der Waals surface area contributed by atoms with Crippen LogP contribution >= 0.6 is 35.6 Å². The van der Waals surface area contributed by atoms with Gasteiger partial charge in [0.15, 0.2) is 11.5 Å². The van der Waals surface area contributed by atoms with Gasteiger partial charge in [-0.25, -0.2) is 4.79 Å². The van der Waals surface area contributed by atoms with E-state index in [1.165, 1.54) is 31.4 Å². The third kappa shape index (κ3) is 5.02. The minimum absolute atomic E-state index is 0. The molecule has 35 heavy (non-hydrogen) atoms. The lowest BCUT2D eigenvalue weighted by Gasteiger charge is -2.18. The smallest absolute Gasteiger partial charge is 0.345 e. The van der Waals surface area contributed by atoms with Crippen LogP contribution in [-0.4, -0.2) is 33.5 Å². The molecule has 0 radical (unpaired) electrons. The number of halogens is 3. The van der Waals surface area contributed by atoms with Crippen molar-refractivity contribution in [1.29, 1.82) is 0 Å². The van der Waals surface area contributed by atoms with Crippen molar-refractivity contribution in [3.8, 4) is 11.5 Å². The van der Waals surface area contributed by atoms with Crippen LogP contribution in [0.5, 0.6) is 11.5 Å². The number of H-pyrrole nitrogens is 4. The van der Waals surface area contributed by atoms with E-state index in [0.717, 1.165) is 0 Å². The van der Waals surface area contributed by atoms with Crippen molar-refractivity contribution in [3.05, 3.63) is 101 Å². The SMILES string of the molecule is COc1cc(C(c2c(C)[nH][nH]c2=O)c2c(C)[nH][nH]c2=O)ccc1OC(=O)c1ccc(Cl)cc1Cl.Cl. The minimum atomic E-state index is -0.714. The first-order valence-corrected chi connectivity index (χ1v) is 10.9. The Kier molecular flexibility index (Phi) is 7.84. The first kappa shape index (κ1) is 26.2. The Morgan fingerprint density at radius 2 is 1.46 bits per heavy atom. The topological polar surface area (TPSA) is 133 Å². The normalized spacial score (nSPS) is 10.8. The highest BCUT2D eigenvalue weighted by Gasteiger charge is 2.29. The van der Waals surface area contributed by atoms with E-state index >= 15 is 0 Å². The summed E-state index contributed by atoms with van der Waals surface area (Å²) in [5.41, 5.74) is 1.95. The van der Waals surface area contributed by atoms with Crippen LogP contribution in [0, 0.1) is 13.8 Å². The number of methoxy groups -OCH3 is 1. The predicted octanol–water partition coefficient (Wildman–Crippen LogP) is 4.47. The summed E-state index contributed by atoms with van der Waals surface area (Å²) in [7, 11) is 1.42. The van der Waals surface area contributed by atoms with Crippen LogP contribution in [0.4, 0.5) is 0 Å². The molecule has 0 amide bonds. The van der Waals surface area contributed by atoms with Gasteiger partial charge in [0, 0.05) is 22.3 Å². The van der Waals surface area contributed by atoms with Crippen LogP contribution < -0.4 is 20.6 Å². The molecule has 0 unspecified atom stereocenters. The van der Waals surface area contributed by atoms with Gasteiger partial charge in [0.2, 0.25) is 0 Å². The van der Waals surface area contributed by atoms with Gasteiger partial charge in [-0.2, -0.15) is 0 Å². The number of carbonyl (C=O) groups excluding carboxylic acids is 1. The second-order valence-corrected chi connectivity index (χ2v) is 8.44. The molecule has 0 bridgehead atoms. The third-order valence-corrected chi connectivity index (χ3v) is 6.02. The van der Waals surface area contributed by atoms with Gasteiger partial charge < -0.3 is 19.7 Å². The molecule has 2 heterocycles. The number of aromatic amines is 4. The molecule has 0 fully saturated rings. The minimum Gasteiger partial charge on any atom is -0.493 e. The second kappa shape index (κ2) is 10.5. The van der Waals surface area contributed by atoms with E-state index in [1.807, 2.05) is 0 Å². The molecular formula is C23H21Cl3N4O5. The Balaban J connectivity index is 0.00000342. The largest absolute Gasteiger partial charge is 0.493 e. The number of aromatic nitrogens is 4. The summed E-state index contributed by atoms with van der Waals surface area (Å²) in [6.07, 6.45) is 0. The fourth-order valence-corrected chi connectivity index (χ4v) is 4.33. The number of benzene rings is 2. The van der Waals surface area contributed by atoms with E-state index < -0.39 is 11.9 Å². The molecule has 0 saturated heterocycles. The van der Waals surface area contributed by atoms with Crippen LogP contribution in [0.2, 0.25) is 10.0 Å². The summed E-state index contributed by atoms with van der Waals surface area (Å²) >= 11 is 12.0. The van der Waals surface area contributed by atoms with Gasteiger partial charge in [-0.3, -0.25) is 19.8 Å². The second-order valence-electron chi connectivity index (χ2n) is 7.59. The molecule has 184 valence electrons. The number of carbonyl (C=O) groups is 1. The summed E-state index contributed by atoms with van der Waals surface area (Å²) in [6, 6.07) is 9.26. The van der Waals surface area contributed by atoms with Gasteiger partial charge >= 0.3 is 5.97 Å². The Morgan fingerprint density at radius 1 is 0.857 bits per heavy atom. The fourth-order valence-electron chi connectivity index (χ4n) is 3.84. The zero-order valence-electron chi connectivity index (χ0n) is 18.7.